The maximum atomic E-state index is 13.5. The van der Waals surface area contributed by atoms with Crippen LogP contribution < -0.4 is 0 Å². The Kier molecular flexibility index (Phi) is 2.54. The van der Waals surface area contributed by atoms with Gasteiger partial charge in [0.1, 0.15) is 5.78 Å². The van der Waals surface area contributed by atoms with Crippen LogP contribution in [0.1, 0.15) is 72.1 Å². The van der Waals surface area contributed by atoms with Gasteiger partial charge in [0, 0.05) is 15.7 Å². The van der Waals surface area contributed by atoms with Gasteiger partial charge >= 0.3 is 0 Å². The third kappa shape index (κ3) is 1.46. The fraction of sp³-hybridized carbons (Fsp3) is 0.950. The van der Waals surface area contributed by atoms with Crippen molar-refractivity contribution in [3.63, 3.8) is 0 Å². The number of hydrogen-bond donors (Lipinski definition) is 0. The topological polar surface area (TPSA) is 17.1 Å². The second-order valence-corrected chi connectivity index (χ2v) is 12.2. The van der Waals surface area contributed by atoms with Crippen LogP contribution in [-0.4, -0.2) is 10.1 Å². The van der Waals surface area contributed by atoms with E-state index in [0.29, 0.717) is 27.4 Å². The van der Waals surface area contributed by atoms with Gasteiger partial charge in [-0.15, -0.1) is 0 Å². The molecule has 6 fully saturated rings. The van der Waals surface area contributed by atoms with Crippen molar-refractivity contribution in [3.05, 3.63) is 0 Å². The number of alkyl halides is 1. The number of fused-ring (bicyclic) bond motifs is 2. The Bertz CT molecular complexity index is 550. The molecule has 0 aromatic carbocycles. The highest BCUT2D eigenvalue weighted by Crippen LogP contribution is 2.75. The second-order valence-electron chi connectivity index (χ2n) is 10.5. The molecule has 0 amide bonds. The van der Waals surface area contributed by atoms with E-state index in [1.54, 1.807) is 0 Å². The van der Waals surface area contributed by atoms with Crippen molar-refractivity contribution in [2.75, 3.05) is 0 Å². The fourth-order valence-electron chi connectivity index (χ4n) is 8.38. The Balaban J connectivity index is 1.60. The van der Waals surface area contributed by atoms with E-state index in [9.17, 15) is 4.79 Å². The summed E-state index contributed by atoms with van der Waals surface area (Å²) in [4.78, 5) is 13.5. The molecule has 0 spiro atoms. The molecule has 6 aliphatic carbocycles. The van der Waals surface area contributed by atoms with E-state index in [1.807, 2.05) is 0 Å². The Morgan fingerprint density at radius 3 is 2.18 bits per heavy atom. The highest BCUT2D eigenvalue weighted by Gasteiger charge is 2.72. The molecule has 6 rings (SSSR count). The normalized spacial score (nSPS) is 61.2. The first-order valence-electron chi connectivity index (χ1n) is 9.43. The lowest BCUT2D eigenvalue weighted by Gasteiger charge is -2.63. The number of carbonyl (C=O) groups excluding carboxylic acids is 1. The van der Waals surface area contributed by atoms with Crippen LogP contribution in [0.2, 0.25) is 0 Å². The molecule has 0 aromatic rings. The molecule has 6 bridgehead atoms. The first kappa shape index (κ1) is 14.5. The summed E-state index contributed by atoms with van der Waals surface area (Å²) in [7, 11) is 0. The van der Waals surface area contributed by atoms with Gasteiger partial charge in [0.15, 0.2) is 0 Å². The average molecular weight is 365 g/mol. The molecule has 122 valence electrons. The SMILES string of the molecule is CC12CCC(C(C34CC5CC(CC(Br)(C5)C3)C4)C1=O)C2(C)C. The average Bonchev–Trinajstić information content (AvgIpc) is 2.67. The first-order chi connectivity index (χ1) is 10.2. The van der Waals surface area contributed by atoms with E-state index in [2.05, 4.69) is 36.7 Å². The molecule has 22 heavy (non-hydrogen) atoms. The standard InChI is InChI=1S/C20H29BrO/c1-17(2)14-4-5-18(17,3)16(22)15(14)19-7-12-6-13(8-19)10-20(21,9-12)11-19/h12-15H,4-11H2,1-3H3. The molecule has 1 nitrogen and oxygen atoms in total. The van der Waals surface area contributed by atoms with Crippen molar-refractivity contribution < 1.29 is 4.79 Å². The van der Waals surface area contributed by atoms with Crippen LogP contribution in [0.15, 0.2) is 0 Å². The van der Waals surface area contributed by atoms with Crippen LogP contribution in [-0.2, 0) is 4.79 Å². The van der Waals surface area contributed by atoms with Gasteiger partial charge in [-0.05, 0) is 80.0 Å². The van der Waals surface area contributed by atoms with Crippen molar-refractivity contribution in [2.45, 2.75) is 76.5 Å². The summed E-state index contributed by atoms with van der Waals surface area (Å²) >= 11 is 4.14. The van der Waals surface area contributed by atoms with Gasteiger partial charge in [-0.25, -0.2) is 0 Å². The highest BCUT2D eigenvalue weighted by atomic mass is 79.9. The minimum absolute atomic E-state index is 0.0366. The number of hydrogen-bond acceptors (Lipinski definition) is 1. The molecule has 2 heteroatoms. The van der Waals surface area contributed by atoms with Crippen LogP contribution in [0.5, 0.6) is 0 Å². The molecule has 0 aromatic heterocycles. The monoisotopic (exact) mass is 364 g/mol. The zero-order valence-electron chi connectivity index (χ0n) is 14.3. The van der Waals surface area contributed by atoms with E-state index in [0.717, 1.165) is 18.3 Å². The van der Waals surface area contributed by atoms with Crippen molar-refractivity contribution in [3.8, 4) is 0 Å². The smallest absolute Gasteiger partial charge is 0.143 e. The molecule has 6 aliphatic rings. The summed E-state index contributed by atoms with van der Waals surface area (Å²) in [5.74, 6) is 3.47. The van der Waals surface area contributed by atoms with E-state index in [4.69, 9.17) is 0 Å². The van der Waals surface area contributed by atoms with E-state index >= 15 is 0 Å². The largest absolute Gasteiger partial charge is 0.299 e. The predicted octanol–water partition coefficient (Wildman–Crippen LogP) is 5.36. The summed E-state index contributed by atoms with van der Waals surface area (Å²) in [6, 6.07) is 0. The number of halogens is 1. The summed E-state index contributed by atoms with van der Waals surface area (Å²) in [5.41, 5.74) is 0.535. The van der Waals surface area contributed by atoms with Crippen molar-refractivity contribution in [1.29, 1.82) is 0 Å². The quantitative estimate of drug-likeness (QED) is 0.572. The Morgan fingerprint density at radius 2 is 1.68 bits per heavy atom. The molecule has 0 heterocycles. The molecule has 0 N–H and O–H groups in total. The minimum atomic E-state index is -0.0366. The van der Waals surface area contributed by atoms with E-state index in [-0.39, 0.29) is 10.8 Å². The Morgan fingerprint density at radius 1 is 1.05 bits per heavy atom. The van der Waals surface area contributed by atoms with Crippen LogP contribution >= 0.6 is 15.9 Å². The first-order valence-corrected chi connectivity index (χ1v) is 10.2. The molecule has 0 radical (unpaired) electrons. The molecule has 5 unspecified atom stereocenters. The molecule has 0 saturated heterocycles. The lowest BCUT2D eigenvalue weighted by atomic mass is 9.44. The lowest BCUT2D eigenvalue weighted by Crippen LogP contribution is -2.57. The van der Waals surface area contributed by atoms with E-state index < -0.39 is 0 Å². The zero-order chi connectivity index (χ0) is 15.5. The van der Waals surface area contributed by atoms with Gasteiger partial charge in [-0.1, -0.05) is 36.7 Å². The molecular formula is C20H29BrO. The molecule has 6 saturated carbocycles. The summed E-state index contributed by atoms with van der Waals surface area (Å²) in [5, 5.41) is 0. The molecular weight excluding hydrogens is 336 g/mol. The Hall–Kier alpha value is 0.150. The summed E-state index contributed by atoms with van der Waals surface area (Å²) in [6.07, 6.45) is 10.6. The van der Waals surface area contributed by atoms with Gasteiger partial charge in [0.05, 0.1) is 0 Å². The summed E-state index contributed by atoms with van der Waals surface area (Å²) < 4.78 is 0.379. The number of carbonyl (C=O) groups is 1. The van der Waals surface area contributed by atoms with Gasteiger partial charge < -0.3 is 0 Å². The lowest BCUT2D eigenvalue weighted by molar-refractivity contribution is -0.145. The third-order valence-corrected chi connectivity index (χ3v) is 10.2. The number of Topliss-reactive ketones (excluding diaryl/α,β-unsaturated/α-hetero) is 1. The van der Waals surface area contributed by atoms with Gasteiger partial charge in [-0.2, -0.15) is 0 Å². The van der Waals surface area contributed by atoms with Crippen molar-refractivity contribution in [1.82, 2.24) is 0 Å². The number of rotatable bonds is 1. The van der Waals surface area contributed by atoms with Crippen LogP contribution in [0, 0.1) is 39.9 Å². The summed E-state index contributed by atoms with van der Waals surface area (Å²) in [6.45, 7) is 7.08. The van der Waals surface area contributed by atoms with Crippen molar-refractivity contribution in [2.24, 2.45) is 39.9 Å². The third-order valence-electron chi connectivity index (χ3n) is 9.23. The van der Waals surface area contributed by atoms with Gasteiger partial charge in [0.2, 0.25) is 0 Å². The predicted molar refractivity (Wildman–Crippen MR) is 91.9 cm³/mol. The maximum Gasteiger partial charge on any atom is 0.143 e. The molecule has 5 atom stereocenters. The minimum Gasteiger partial charge on any atom is -0.299 e. The van der Waals surface area contributed by atoms with Crippen LogP contribution in [0.25, 0.3) is 0 Å². The van der Waals surface area contributed by atoms with E-state index in [1.165, 1.54) is 44.9 Å². The van der Waals surface area contributed by atoms with Gasteiger partial charge in [-0.3, -0.25) is 4.79 Å². The van der Waals surface area contributed by atoms with Crippen molar-refractivity contribution >= 4 is 21.7 Å². The fourth-order valence-corrected chi connectivity index (χ4v) is 9.85. The second kappa shape index (κ2) is 3.86. The van der Waals surface area contributed by atoms with Crippen LogP contribution in [0.4, 0.5) is 0 Å². The highest BCUT2D eigenvalue weighted by molar-refractivity contribution is 9.10. The zero-order valence-corrected chi connectivity index (χ0v) is 15.8. The Labute approximate surface area is 143 Å². The van der Waals surface area contributed by atoms with Crippen LogP contribution in [0.3, 0.4) is 0 Å². The molecule has 0 aliphatic heterocycles. The maximum absolute atomic E-state index is 13.5. The number of ketones is 1. The van der Waals surface area contributed by atoms with Gasteiger partial charge in [0.25, 0.3) is 0 Å².